The first-order chi connectivity index (χ1) is 20.8. The van der Waals surface area contributed by atoms with Gasteiger partial charge in [0.05, 0.1) is 17.9 Å². The van der Waals surface area contributed by atoms with E-state index in [1.54, 1.807) is 6.08 Å². The normalized spacial score (nSPS) is 14.2. The Morgan fingerprint density at radius 1 is 0.651 bits per heavy atom. The lowest BCUT2D eigenvalue weighted by molar-refractivity contribution is -0.122. The predicted molar refractivity (Wildman–Crippen MR) is 184 cm³/mol. The average Bonchev–Trinajstić information content (AvgIpc) is 2.96. The SMILES string of the molecule is CC/C=C\C/C=C\C/C=C\CCCCCCCCCC(=O)NC(CS(=O)(=O)O)C(O)/C=C/CC/C=C/CCCCCCC. The van der Waals surface area contributed by atoms with Crippen molar-refractivity contribution in [3.63, 3.8) is 0 Å². The number of allylic oxidation sites excluding steroid dienone is 9. The van der Waals surface area contributed by atoms with Gasteiger partial charge in [0, 0.05) is 6.42 Å². The van der Waals surface area contributed by atoms with Gasteiger partial charge in [0.25, 0.3) is 10.1 Å². The Morgan fingerprint density at radius 3 is 1.74 bits per heavy atom. The largest absolute Gasteiger partial charge is 0.387 e. The number of amides is 1. The molecule has 43 heavy (non-hydrogen) atoms. The zero-order valence-corrected chi connectivity index (χ0v) is 28.1. The summed E-state index contributed by atoms with van der Waals surface area (Å²) in [5, 5.41) is 13.1. The van der Waals surface area contributed by atoms with Crippen molar-refractivity contribution in [1.82, 2.24) is 5.32 Å². The van der Waals surface area contributed by atoms with Gasteiger partial charge >= 0.3 is 0 Å². The highest BCUT2D eigenvalue weighted by molar-refractivity contribution is 7.85. The van der Waals surface area contributed by atoms with Crippen LogP contribution in [0.5, 0.6) is 0 Å². The Morgan fingerprint density at radius 2 is 1.14 bits per heavy atom. The molecule has 2 unspecified atom stereocenters. The van der Waals surface area contributed by atoms with E-state index in [1.165, 1.54) is 57.4 Å². The molecule has 0 aromatic rings. The Labute approximate surface area is 264 Å². The third-order valence-electron chi connectivity index (χ3n) is 7.18. The smallest absolute Gasteiger partial charge is 0.267 e. The van der Waals surface area contributed by atoms with Gasteiger partial charge in [0.1, 0.15) is 0 Å². The first kappa shape index (κ1) is 41.0. The molecule has 0 aliphatic rings. The molecule has 0 aromatic heterocycles. The maximum atomic E-state index is 12.4. The van der Waals surface area contributed by atoms with Crippen LogP contribution in [0.15, 0.2) is 60.8 Å². The van der Waals surface area contributed by atoms with E-state index < -0.39 is 28.0 Å². The highest BCUT2D eigenvalue weighted by Gasteiger charge is 2.24. The summed E-state index contributed by atoms with van der Waals surface area (Å²) in [6, 6.07) is -1.08. The number of rotatable bonds is 29. The molecule has 0 aromatic carbocycles. The molecule has 0 heterocycles. The van der Waals surface area contributed by atoms with Crippen LogP contribution in [0.3, 0.4) is 0 Å². The Balaban J connectivity index is 4.07. The minimum absolute atomic E-state index is 0.274. The van der Waals surface area contributed by atoms with Gasteiger partial charge < -0.3 is 10.4 Å². The van der Waals surface area contributed by atoms with E-state index in [4.69, 9.17) is 0 Å². The molecule has 3 N–H and O–H groups in total. The molecule has 0 saturated carbocycles. The zero-order chi connectivity index (χ0) is 31.9. The summed E-state index contributed by atoms with van der Waals surface area (Å²) in [4.78, 5) is 12.4. The van der Waals surface area contributed by atoms with E-state index in [0.717, 1.165) is 57.8 Å². The summed E-state index contributed by atoms with van der Waals surface area (Å²) in [6.07, 6.45) is 40.6. The van der Waals surface area contributed by atoms with E-state index in [1.807, 2.05) is 0 Å². The monoisotopic (exact) mass is 621 g/mol. The van der Waals surface area contributed by atoms with Crippen molar-refractivity contribution in [2.75, 3.05) is 5.75 Å². The lowest BCUT2D eigenvalue weighted by Gasteiger charge is -2.21. The van der Waals surface area contributed by atoms with Crippen LogP contribution in [-0.2, 0) is 14.9 Å². The standard InChI is InChI=1S/C36H63NO5S/c1-3-5-7-9-11-13-15-16-17-18-19-20-22-24-26-28-30-32-36(39)37-34(33-43(40,41)42)35(38)31-29-27-25-23-21-14-12-10-8-6-4-2/h5,7,11,13,16-17,21,23,29,31,34-35,38H,3-4,6,8-10,12,14-15,18-20,22,24-28,30,32-33H2,1-2H3,(H,37,39)(H,40,41,42)/b7-5-,13-11-,17-16-,23-21+,31-29+. The van der Waals surface area contributed by atoms with Crippen molar-refractivity contribution < 1.29 is 22.9 Å². The van der Waals surface area contributed by atoms with Crippen LogP contribution in [0.2, 0.25) is 0 Å². The molecule has 6 nitrogen and oxygen atoms in total. The maximum absolute atomic E-state index is 12.4. The molecular weight excluding hydrogens is 558 g/mol. The second-order valence-corrected chi connectivity index (χ2v) is 12.9. The average molecular weight is 622 g/mol. The zero-order valence-electron chi connectivity index (χ0n) is 27.3. The number of hydrogen-bond donors (Lipinski definition) is 3. The van der Waals surface area contributed by atoms with Crippen LogP contribution >= 0.6 is 0 Å². The predicted octanol–water partition coefficient (Wildman–Crippen LogP) is 9.34. The molecule has 0 aliphatic heterocycles. The minimum atomic E-state index is -4.35. The third kappa shape index (κ3) is 31.3. The van der Waals surface area contributed by atoms with Crippen molar-refractivity contribution in [2.24, 2.45) is 0 Å². The highest BCUT2D eigenvalue weighted by atomic mass is 32.2. The van der Waals surface area contributed by atoms with Gasteiger partial charge in [-0.25, -0.2) is 0 Å². The molecule has 0 rings (SSSR count). The number of unbranched alkanes of at least 4 members (excludes halogenated alkanes) is 13. The number of hydrogen-bond acceptors (Lipinski definition) is 4. The van der Waals surface area contributed by atoms with Crippen LogP contribution < -0.4 is 5.32 Å². The van der Waals surface area contributed by atoms with E-state index in [-0.39, 0.29) is 12.3 Å². The molecule has 0 spiro atoms. The molecule has 0 saturated heterocycles. The van der Waals surface area contributed by atoms with Crippen LogP contribution in [0.25, 0.3) is 0 Å². The van der Waals surface area contributed by atoms with Gasteiger partial charge in [-0.05, 0) is 64.2 Å². The van der Waals surface area contributed by atoms with Crippen LogP contribution in [0.1, 0.15) is 142 Å². The topological polar surface area (TPSA) is 104 Å². The van der Waals surface area contributed by atoms with E-state index in [9.17, 15) is 22.9 Å². The summed E-state index contributed by atoms with van der Waals surface area (Å²) >= 11 is 0. The summed E-state index contributed by atoms with van der Waals surface area (Å²) in [5.74, 6) is -1.02. The highest BCUT2D eigenvalue weighted by Crippen LogP contribution is 2.11. The van der Waals surface area contributed by atoms with E-state index in [0.29, 0.717) is 12.8 Å². The molecule has 248 valence electrons. The number of carbonyl (C=O) groups is 1. The molecular formula is C36H63NO5S. The second-order valence-electron chi connectivity index (χ2n) is 11.4. The van der Waals surface area contributed by atoms with Gasteiger partial charge in [0.2, 0.25) is 5.91 Å². The molecule has 0 bridgehead atoms. The molecule has 0 aliphatic carbocycles. The quantitative estimate of drug-likeness (QED) is 0.0439. The van der Waals surface area contributed by atoms with Gasteiger partial charge in [0.15, 0.2) is 0 Å². The Bertz CT molecular complexity index is 905. The first-order valence-corrected chi connectivity index (χ1v) is 18.6. The van der Waals surface area contributed by atoms with Crippen LogP contribution in [0.4, 0.5) is 0 Å². The lowest BCUT2D eigenvalue weighted by atomic mass is 10.1. The van der Waals surface area contributed by atoms with Crippen molar-refractivity contribution in [1.29, 1.82) is 0 Å². The summed E-state index contributed by atoms with van der Waals surface area (Å²) < 4.78 is 32.2. The molecule has 0 radical (unpaired) electrons. The lowest BCUT2D eigenvalue weighted by Crippen LogP contribution is -2.46. The van der Waals surface area contributed by atoms with Gasteiger partial charge in [-0.1, -0.05) is 132 Å². The molecule has 7 heteroatoms. The first-order valence-electron chi connectivity index (χ1n) is 17.0. The van der Waals surface area contributed by atoms with Crippen molar-refractivity contribution >= 4 is 16.0 Å². The second kappa shape index (κ2) is 30.1. The van der Waals surface area contributed by atoms with Crippen LogP contribution in [-0.4, -0.2) is 41.9 Å². The van der Waals surface area contributed by atoms with Crippen molar-refractivity contribution in [3.8, 4) is 0 Å². The van der Waals surface area contributed by atoms with Gasteiger partial charge in [-0.15, -0.1) is 0 Å². The van der Waals surface area contributed by atoms with Gasteiger partial charge in [-0.2, -0.15) is 8.42 Å². The Kier molecular flexibility index (Phi) is 28.7. The minimum Gasteiger partial charge on any atom is -0.387 e. The fourth-order valence-corrected chi connectivity index (χ4v) is 5.39. The fraction of sp³-hybridized carbons (Fsp3) is 0.694. The van der Waals surface area contributed by atoms with E-state index in [2.05, 4.69) is 67.8 Å². The van der Waals surface area contributed by atoms with Gasteiger partial charge in [-0.3, -0.25) is 9.35 Å². The number of aliphatic hydroxyl groups excluding tert-OH is 1. The maximum Gasteiger partial charge on any atom is 0.267 e. The molecule has 2 atom stereocenters. The summed E-state index contributed by atoms with van der Waals surface area (Å²) in [7, 11) is -4.35. The summed E-state index contributed by atoms with van der Waals surface area (Å²) in [5.41, 5.74) is 0. The van der Waals surface area contributed by atoms with E-state index >= 15 is 0 Å². The Hall–Kier alpha value is -1.96. The third-order valence-corrected chi connectivity index (χ3v) is 7.96. The molecule has 0 fully saturated rings. The van der Waals surface area contributed by atoms with Crippen molar-refractivity contribution in [3.05, 3.63) is 60.8 Å². The summed E-state index contributed by atoms with van der Waals surface area (Å²) in [6.45, 7) is 4.35. The number of carbonyl (C=O) groups excluding carboxylic acids is 1. The van der Waals surface area contributed by atoms with Crippen molar-refractivity contribution in [2.45, 2.75) is 154 Å². The molecule has 1 amide bonds. The number of nitrogens with one attached hydrogen (secondary N) is 1. The fourth-order valence-electron chi connectivity index (χ4n) is 4.65. The van der Waals surface area contributed by atoms with Crippen LogP contribution in [0, 0.1) is 0 Å². The number of aliphatic hydroxyl groups is 1.